The molecule has 1 fully saturated rings. The highest BCUT2D eigenvalue weighted by molar-refractivity contribution is 5.74. The Morgan fingerprint density at radius 3 is 2.59 bits per heavy atom. The molecule has 0 radical (unpaired) electrons. The summed E-state index contributed by atoms with van der Waals surface area (Å²) in [5, 5.41) is 2.43. The van der Waals surface area contributed by atoms with Gasteiger partial charge in [0, 0.05) is 19.7 Å². The zero-order chi connectivity index (χ0) is 16.8. The number of urea groups is 1. The number of hydrogen-bond acceptors (Lipinski definition) is 2. The Hall–Kier alpha value is -1.12. The summed E-state index contributed by atoms with van der Waals surface area (Å²) in [5.41, 5.74) is 0. The third-order valence-electron chi connectivity index (χ3n) is 3.68. The van der Waals surface area contributed by atoms with E-state index in [1.54, 1.807) is 0 Å². The monoisotopic (exact) mass is 332 g/mol. The van der Waals surface area contributed by atoms with E-state index >= 15 is 0 Å². The fraction of sp³-hybridized carbons (Fsp3) is 0.923. The number of rotatable bonds is 6. The summed E-state index contributed by atoms with van der Waals surface area (Å²) in [4.78, 5) is 12.8. The van der Waals surface area contributed by atoms with E-state index in [-0.39, 0.29) is 26.0 Å². The molecule has 2 amide bonds. The summed E-state index contributed by atoms with van der Waals surface area (Å²) < 4.78 is 67.8. The van der Waals surface area contributed by atoms with Crippen LogP contribution in [0.5, 0.6) is 0 Å². The van der Waals surface area contributed by atoms with E-state index in [0.717, 1.165) is 4.90 Å². The van der Waals surface area contributed by atoms with Gasteiger partial charge in [0.2, 0.25) is 0 Å². The van der Waals surface area contributed by atoms with Crippen LogP contribution in [0, 0.1) is 5.92 Å². The third kappa shape index (κ3) is 6.33. The first kappa shape index (κ1) is 18.9. The molecule has 0 spiro atoms. The largest absolute Gasteiger partial charge is 0.391 e. The molecule has 1 aliphatic carbocycles. The molecule has 0 bridgehead atoms. The van der Waals surface area contributed by atoms with Gasteiger partial charge in [0.05, 0.1) is 19.1 Å². The summed E-state index contributed by atoms with van der Waals surface area (Å²) in [6.45, 7) is -0.733. The van der Waals surface area contributed by atoms with Crippen molar-refractivity contribution in [2.75, 3.05) is 26.8 Å². The smallest absolute Gasteiger partial charge is 0.383 e. The molecular formula is C13H21F5N2O2. The van der Waals surface area contributed by atoms with Crippen LogP contribution < -0.4 is 5.32 Å². The molecule has 22 heavy (non-hydrogen) atoms. The number of ether oxygens (including phenoxy) is 1. The van der Waals surface area contributed by atoms with Gasteiger partial charge in [0.15, 0.2) is 0 Å². The van der Waals surface area contributed by atoms with Crippen LogP contribution in [0.15, 0.2) is 0 Å². The molecule has 0 aliphatic heterocycles. The van der Waals surface area contributed by atoms with Crippen molar-refractivity contribution in [1.82, 2.24) is 10.2 Å². The first-order valence-electron chi connectivity index (χ1n) is 7.13. The number of methoxy groups -OCH3 is 1. The van der Waals surface area contributed by atoms with Crippen molar-refractivity contribution in [3.05, 3.63) is 0 Å². The number of nitrogens with zero attached hydrogens (tertiary/aromatic N) is 1. The Balaban J connectivity index is 2.56. The first-order chi connectivity index (χ1) is 10.2. The summed E-state index contributed by atoms with van der Waals surface area (Å²) in [5.74, 6) is -1.45. The van der Waals surface area contributed by atoms with Gasteiger partial charge < -0.3 is 15.0 Å². The van der Waals surface area contributed by atoms with Crippen LogP contribution in [0.4, 0.5) is 26.7 Å². The topological polar surface area (TPSA) is 41.6 Å². The number of alkyl halides is 5. The predicted octanol–water partition coefficient (Wildman–Crippen LogP) is 3.03. The van der Waals surface area contributed by atoms with Crippen molar-refractivity contribution in [2.45, 2.75) is 44.3 Å². The molecular weight excluding hydrogens is 311 g/mol. The van der Waals surface area contributed by atoms with Gasteiger partial charge >= 0.3 is 12.2 Å². The SMILES string of the molecule is COCCN(CC(F)F)C(=O)N[C@H]1CCC[C@H](C(F)(F)F)C1. The molecule has 0 aromatic carbocycles. The molecule has 4 nitrogen and oxygen atoms in total. The molecule has 1 rings (SSSR count). The highest BCUT2D eigenvalue weighted by atomic mass is 19.4. The quantitative estimate of drug-likeness (QED) is 0.760. The van der Waals surface area contributed by atoms with Crippen LogP contribution >= 0.6 is 0 Å². The van der Waals surface area contributed by atoms with Crippen molar-refractivity contribution >= 4 is 6.03 Å². The Kier molecular flexibility index (Phi) is 7.31. The lowest BCUT2D eigenvalue weighted by atomic mass is 9.85. The van der Waals surface area contributed by atoms with E-state index < -0.39 is 37.1 Å². The van der Waals surface area contributed by atoms with Crippen molar-refractivity contribution in [3.8, 4) is 0 Å². The Morgan fingerprint density at radius 2 is 2.05 bits per heavy atom. The second-order valence-corrected chi connectivity index (χ2v) is 5.38. The van der Waals surface area contributed by atoms with Gasteiger partial charge in [-0.1, -0.05) is 6.42 Å². The summed E-state index contributed by atoms with van der Waals surface area (Å²) >= 11 is 0. The number of carbonyl (C=O) groups excluding carboxylic acids is 1. The van der Waals surface area contributed by atoms with Gasteiger partial charge in [-0.25, -0.2) is 13.6 Å². The van der Waals surface area contributed by atoms with Crippen LogP contribution in [-0.4, -0.2) is 56.4 Å². The lowest BCUT2D eigenvalue weighted by Gasteiger charge is -2.32. The number of halogens is 5. The average Bonchev–Trinajstić information content (AvgIpc) is 2.42. The van der Waals surface area contributed by atoms with Crippen LogP contribution in [0.3, 0.4) is 0 Å². The normalized spacial score (nSPS) is 22.7. The van der Waals surface area contributed by atoms with Gasteiger partial charge in [-0.3, -0.25) is 0 Å². The minimum Gasteiger partial charge on any atom is -0.383 e. The highest BCUT2D eigenvalue weighted by Crippen LogP contribution is 2.37. The maximum atomic E-state index is 12.7. The van der Waals surface area contributed by atoms with Crippen molar-refractivity contribution < 1.29 is 31.5 Å². The number of nitrogens with one attached hydrogen (secondary N) is 1. The second-order valence-electron chi connectivity index (χ2n) is 5.38. The molecule has 130 valence electrons. The number of hydrogen-bond donors (Lipinski definition) is 1. The lowest BCUT2D eigenvalue weighted by Crippen LogP contribution is -2.49. The molecule has 0 aromatic heterocycles. The summed E-state index contributed by atoms with van der Waals surface area (Å²) in [7, 11) is 1.37. The predicted molar refractivity (Wildman–Crippen MR) is 69.8 cm³/mol. The maximum absolute atomic E-state index is 12.7. The lowest BCUT2D eigenvalue weighted by molar-refractivity contribution is -0.183. The molecule has 1 aliphatic rings. The Labute approximate surface area is 126 Å². The third-order valence-corrected chi connectivity index (χ3v) is 3.68. The minimum absolute atomic E-state index is 0.0396. The maximum Gasteiger partial charge on any atom is 0.391 e. The number of amides is 2. The van der Waals surface area contributed by atoms with E-state index in [2.05, 4.69) is 5.32 Å². The van der Waals surface area contributed by atoms with Crippen LogP contribution in [0.1, 0.15) is 25.7 Å². The van der Waals surface area contributed by atoms with Crippen molar-refractivity contribution in [1.29, 1.82) is 0 Å². The van der Waals surface area contributed by atoms with E-state index in [9.17, 15) is 26.7 Å². The van der Waals surface area contributed by atoms with E-state index in [1.807, 2.05) is 0 Å². The van der Waals surface area contributed by atoms with Gasteiger partial charge in [-0.15, -0.1) is 0 Å². The van der Waals surface area contributed by atoms with Gasteiger partial charge in [0.25, 0.3) is 6.43 Å². The Morgan fingerprint density at radius 1 is 1.36 bits per heavy atom. The molecule has 0 saturated heterocycles. The van der Waals surface area contributed by atoms with Crippen molar-refractivity contribution in [2.24, 2.45) is 5.92 Å². The molecule has 2 atom stereocenters. The average molecular weight is 332 g/mol. The van der Waals surface area contributed by atoms with E-state index in [1.165, 1.54) is 7.11 Å². The minimum atomic E-state index is -4.29. The fourth-order valence-electron chi connectivity index (χ4n) is 2.53. The summed E-state index contributed by atoms with van der Waals surface area (Å²) in [6.07, 6.45) is -6.39. The Bertz CT molecular complexity index is 352. The highest BCUT2D eigenvalue weighted by Gasteiger charge is 2.42. The first-order valence-corrected chi connectivity index (χ1v) is 7.13. The zero-order valence-corrected chi connectivity index (χ0v) is 12.3. The molecule has 1 saturated carbocycles. The molecule has 0 unspecified atom stereocenters. The fourth-order valence-corrected chi connectivity index (χ4v) is 2.53. The molecule has 0 heterocycles. The molecule has 9 heteroatoms. The van der Waals surface area contributed by atoms with Crippen LogP contribution in [-0.2, 0) is 4.74 Å². The van der Waals surface area contributed by atoms with Gasteiger partial charge in [-0.2, -0.15) is 13.2 Å². The standard InChI is InChI=1S/C13H21F5N2O2/c1-22-6-5-20(8-11(14)15)12(21)19-10-4-2-3-9(7-10)13(16,17)18/h9-11H,2-8H2,1H3,(H,19,21)/t9-,10-/m0/s1. The number of carbonyl (C=O) groups is 1. The molecule has 1 N–H and O–H groups in total. The van der Waals surface area contributed by atoms with Crippen LogP contribution in [0.25, 0.3) is 0 Å². The van der Waals surface area contributed by atoms with Crippen molar-refractivity contribution in [3.63, 3.8) is 0 Å². The zero-order valence-electron chi connectivity index (χ0n) is 12.3. The summed E-state index contributed by atoms with van der Waals surface area (Å²) in [6, 6.07) is -1.42. The van der Waals surface area contributed by atoms with Crippen LogP contribution in [0.2, 0.25) is 0 Å². The van der Waals surface area contributed by atoms with Gasteiger partial charge in [-0.05, 0) is 19.3 Å². The second kappa shape index (κ2) is 8.50. The van der Waals surface area contributed by atoms with E-state index in [0.29, 0.717) is 12.8 Å². The molecule has 0 aromatic rings. The van der Waals surface area contributed by atoms with E-state index in [4.69, 9.17) is 4.74 Å². The van der Waals surface area contributed by atoms with Gasteiger partial charge in [0.1, 0.15) is 0 Å².